The molecule has 3 heterocycles. The molecule has 2 fully saturated rings. The molecule has 2 aromatic rings. The largest absolute Gasteiger partial charge is 0.381 e. The summed E-state index contributed by atoms with van der Waals surface area (Å²) in [5, 5.41) is 5.09. The molecule has 2 amide bonds. The summed E-state index contributed by atoms with van der Waals surface area (Å²) in [4.78, 5) is 28.8. The summed E-state index contributed by atoms with van der Waals surface area (Å²) in [6.45, 7) is 4.16. The number of benzene rings is 1. The van der Waals surface area contributed by atoms with Gasteiger partial charge in [-0.1, -0.05) is 23.8 Å². The first kappa shape index (κ1) is 19.2. The van der Waals surface area contributed by atoms with Crippen LogP contribution in [0.4, 0.5) is 5.69 Å². The van der Waals surface area contributed by atoms with Crippen molar-refractivity contribution in [2.24, 2.45) is 11.8 Å². The van der Waals surface area contributed by atoms with Crippen LogP contribution in [-0.4, -0.2) is 31.6 Å². The number of aryl methyl sites for hydroxylation is 1. The fraction of sp³-hybridized carbons (Fsp3) is 0.455. The zero-order valence-electron chi connectivity index (χ0n) is 16.1. The Balaban J connectivity index is 1.55. The Morgan fingerprint density at radius 2 is 2.11 bits per heavy atom. The molecule has 148 valence electrons. The van der Waals surface area contributed by atoms with Gasteiger partial charge in [0.15, 0.2) is 0 Å². The minimum atomic E-state index is -0.378. The zero-order chi connectivity index (χ0) is 19.5. The van der Waals surface area contributed by atoms with E-state index in [9.17, 15) is 9.59 Å². The number of nitrogens with one attached hydrogen (secondary N) is 1. The van der Waals surface area contributed by atoms with Crippen molar-refractivity contribution in [3.05, 3.63) is 52.2 Å². The van der Waals surface area contributed by atoms with E-state index in [2.05, 4.69) is 5.32 Å². The molecule has 0 saturated carbocycles. The van der Waals surface area contributed by atoms with Gasteiger partial charge in [0, 0.05) is 30.1 Å². The van der Waals surface area contributed by atoms with Gasteiger partial charge in [0.25, 0.3) is 0 Å². The molecule has 0 radical (unpaired) electrons. The Morgan fingerprint density at radius 1 is 1.29 bits per heavy atom. The van der Waals surface area contributed by atoms with Crippen LogP contribution in [0, 0.1) is 18.8 Å². The second kappa shape index (κ2) is 8.45. The van der Waals surface area contributed by atoms with Crippen LogP contribution in [-0.2, 0) is 14.3 Å². The molecule has 2 aliphatic rings. The number of thiophene rings is 1. The average molecular weight is 399 g/mol. The van der Waals surface area contributed by atoms with Crippen molar-refractivity contribution in [1.82, 2.24) is 5.32 Å². The van der Waals surface area contributed by atoms with E-state index in [4.69, 9.17) is 4.74 Å². The molecule has 6 heteroatoms. The number of nitrogens with zero attached hydrogens (tertiary/aromatic N) is 1. The highest BCUT2D eigenvalue weighted by atomic mass is 32.1. The molecule has 0 aliphatic carbocycles. The molecule has 5 nitrogen and oxygen atoms in total. The number of carbonyl (C=O) groups excluding carboxylic acids is 2. The fourth-order valence-electron chi connectivity index (χ4n) is 4.11. The first-order valence-corrected chi connectivity index (χ1v) is 10.8. The molecule has 28 heavy (non-hydrogen) atoms. The molecule has 0 bridgehead atoms. The molecular weight excluding hydrogens is 372 g/mol. The molecule has 1 N–H and O–H groups in total. The molecule has 4 rings (SSSR count). The predicted octanol–water partition coefficient (Wildman–Crippen LogP) is 3.69. The van der Waals surface area contributed by atoms with Crippen molar-refractivity contribution in [3.63, 3.8) is 0 Å². The van der Waals surface area contributed by atoms with Crippen molar-refractivity contribution in [3.8, 4) is 0 Å². The van der Waals surface area contributed by atoms with Crippen molar-refractivity contribution >= 4 is 28.8 Å². The van der Waals surface area contributed by atoms with Gasteiger partial charge in [-0.3, -0.25) is 9.59 Å². The number of ether oxygens (including phenoxy) is 1. The van der Waals surface area contributed by atoms with Gasteiger partial charge >= 0.3 is 0 Å². The lowest BCUT2D eigenvalue weighted by atomic mass is 9.96. The quantitative estimate of drug-likeness (QED) is 0.836. The van der Waals surface area contributed by atoms with E-state index in [1.54, 1.807) is 16.2 Å². The number of amides is 2. The maximum Gasteiger partial charge on any atom is 0.228 e. The van der Waals surface area contributed by atoms with Crippen LogP contribution in [0.3, 0.4) is 0 Å². The van der Waals surface area contributed by atoms with Gasteiger partial charge in [-0.15, -0.1) is 11.3 Å². The SMILES string of the molecule is Cc1ccc(N2C(=O)C[C@H](C(=O)NC[C@@H]3CCCOC3)[C@H]2c2cccs2)cc1. The van der Waals surface area contributed by atoms with E-state index in [1.807, 2.05) is 48.7 Å². The molecular formula is C22H26N2O3S. The highest BCUT2D eigenvalue weighted by Gasteiger charge is 2.45. The first-order valence-electron chi connectivity index (χ1n) is 9.91. The summed E-state index contributed by atoms with van der Waals surface area (Å²) >= 11 is 1.60. The predicted molar refractivity (Wildman–Crippen MR) is 110 cm³/mol. The maximum absolute atomic E-state index is 13.0. The average Bonchev–Trinajstić information content (AvgIpc) is 3.35. The molecule has 1 aromatic heterocycles. The maximum atomic E-state index is 13.0. The van der Waals surface area contributed by atoms with Crippen molar-refractivity contribution in [1.29, 1.82) is 0 Å². The highest BCUT2D eigenvalue weighted by molar-refractivity contribution is 7.10. The van der Waals surface area contributed by atoms with Crippen LogP contribution in [0.5, 0.6) is 0 Å². The van der Waals surface area contributed by atoms with Gasteiger partial charge in [-0.25, -0.2) is 0 Å². The smallest absolute Gasteiger partial charge is 0.228 e. The van der Waals surface area contributed by atoms with E-state index < -0.39 is 0 Å². The molecule has 0 spiro atoms. The summed E-state index contributed by atoms with van der Waals surface area (Å²) in [5.74, 6) is -0.0458. The minimum absolute atomic E-state index is 0.00315. The summed E-state index contributed by atoms with van der Waals surface area (Å²) in [6.07, 6.45) is 2.36. The van der Waals surface area contributed by atoms with E-state index in [1.165, 1.54) is 0 Å². The van der Waals surface area contributed by atoms with Gasteiger partial charge in [0.05, 0.1) is 18.6 Å². The Morgan fingerprint density at radius 3 is 2.79 bits per heavy atom. The normalized spacial score (nSPS) is 25.1. The Labute approximate surface area is 169 Å². The van der Waals surface area contributed by atoms with Crippen LogP contribution in [0.1, 0.15) is 35.7 Å². The summed E-state index contributed by atoms with van der Waals surface area (Å²) in [5.41, 5.74) is 2.00. The van der Waals surface area contributed by atoms with E-state index in [0.717, 1.165) is 35.6 Å². The van der Waals surface area contributed by atoms with Gasteiger partial charge in [-0.05, 0) is 49.3 Å². The lowest BCUT2D eigenvalue weighted by Gasteiger charge is -2.28. The van der Waals surface area contributed by atoms with Crippen LogP contribution in [0.25, 0.3) is 0 Å². The third-order valence-electron chi connectivity index (χ3n) is 5.63. The third-order valence-corrected chi connectivity index (χ3v) is 6.57. The molecule has 1 aromatic carbocycles. The number of rotatable bonds is 5. The van der Waals surface area contributed by atoms with E-state index in [0.29, 0.717) is 19.1 Å². The van der Waals surface area contributed by atoms with Crippen molar-refractivity contribution in [2.75, 3.05) is 24.7 Å². The second-order valence-corrected chi connectivity index (χ2v) is 8.68. The van der Waals surface area contributed by atoms with Gasteiger partial charge in [-0.2, -0.15) is 0 Å². The second-order valence-electron chi connectivity index (χ2n) is 7.70. The number of hydrogen-bond acceptors (Lipinski definition) is 4. The summed E-state index contributed by atoms with van der Waals surface area (Å²) in [6, 6.07) is 11.7. The number of anilines is 1. The number of hydrogen-bond donors (Lipinski definition) is 1. The van der Waals surface area contributed by atoms with Crippen molar-refractivity contribution in [2.45, 2.75) is 32.2 Å². The fourth-order valence-corrected chi connectivity index (χ4v) is 4.99. The standard InChI is InChI=1S/C22H26N2O3S/c1-15-6-8-17(9-7-15)24-20(25)12-18(21(24)19-5-3-11-28-19)22(26)23-13-16-4-2-10-27-14-16/h3,5-9,11,16,18,21H,2,4,10,12-14H2,1H3,(H,23,26)/t16-,18-,21-/m0/s1. The molecule has 2 saturated heterocycles. The van der Waals surface area contributed by atoms with Crippen LogP contribution in [0.15, 0.2) is 41.8 Å². The Kier molecular flexibility index (Phi) is 5.78. The molecule has 0 unspecified atom stereocenters. The van der Waals surface area contributed by atoms with Crippen LogP contribution < -0.4 is 10.2 Å². The van der Waals surface area contributed by atoms with Gasteiger partial charge < -0.3 is 15.0 Å². The lowest BCUT2D eigenvalue weighted by molar-refractivity contribution is -0.127. The van der Waals surface area contributed by atoms with Gasteiger partial charge in [0.2, 0.25) is 11.8 Å². The van der Waals surface area contributed by atoms with Gasteiger partial charge in [0.1, 0.15) is 0 Å². The monoisotopic (exact) mass is 398 g/mol. The van der Waals surface area contributed by atoms with Crippen LogP contribution >= 0.6 is 11.3 Å². The minimum Gasteiger partial charge on any atom is -0.381 e. The Hall–Kier alpha value is -2.18. The summed E-state index contributed by atoms with van der Waals surface area (Å²) in [7, 11) is 0. The summed E-state index contributed by atoms with van der Waals surface area (Å²) < 4.78 is 5.51. The first-order chi connectivity index (χ1) is 13.6. The Bertz CT molecular complexity index is 813. The molecule has 3 atom stereocenters. The molecule has 2 aliphatic heterocycles. The van der Waals surface area contributed by atoms with E-state index in [-0.39, 0.29) is 30.2 Å². The van der Waals surface area contributed by atoms with Crippen LogP contribution in [0.2, 0.25) is 0 Å². The highest BCUT2D eigenvalue weighted by Crippen LogP contribution is 2.43. The third kappa shape index (κ3) is 3.98. The topological polar surface area (TPSA) is 58.6 Å². The lowest BCUT2D eigenvalue weighted by Crippen LogP contribution is -2.39. The van der Waals surface area contributed by atoms with E-state index >= 15 is 0 Å². The van der Waals surface area contributed by atoms with Crippen molar-refractivity contribution < 1.29 is 14.3 Å². The number of carbonyl (C=O) groups is 2. The zero-order valence-corrected chi connectivity index (χ0v) is 16.9.